The maximum Gasteiger partial charge on any atom is 0.0169 e. The number of nitrogens with zero attached hydrogens (tertiary/aromatic N) is 1. The molecule has 20 heavy (non-hydrogen) atoms. The second kappa shape index (κ2) is 4.70. The van der Waals surface area contributed by atoms with E-state index in [4.69, 9.17) is 0 Å². The summed E-state index contributed by atoms with van der Waals surface area (Å²) in [5, 5.41) is 0. The van der Waals surface area contributed by atoms with E-state index in [1.807, 2.05) is 0 Å². The number of rotatable bonds is 0. The van der Waals surface area contributed by atoms with Crippen LogP contribution in [0.1, 0.15) is 48.8 Å². The van der Waals surface area contributed by atoms with Crippen molar-refractivity contribution in [2.75, 3.05) is 13.6 Å². The second-order valence-corrected chi connectivity index (χ2v) is 8.43. The molecule has 0 aromatic heterocycles. The molecule has 1 heterocycles. The SMILES string of the molecule is Cc1cc2c(cc1I)C[C@H]1[C@@H]3CCCC[C@]23CCN1C. The molecule has 108 valence electrons. The van der Waals surface area contributed by atoms with Gasteiger partial charge in [0, 0.05) is 15.0 Å². The van der Waals surface area contributed by atoms with E-state index in [9.17, 15) is 0 Å². The van der Waals surface area contributed by atoms with Gasteiger partial charge in [-0.15, -0.1) is 0 Å². The fourth-order valence-electron chi connectivity index (χ4n) is 5.33. The minimum absolute atomic E-state index is 0.526. The summed E-state index contributed by atoms with van der Waals surface area (Å²) in [6, 6.07) is 5.84. The second-order valence-electron chi connectivity index (χ2n) is 7.27. The highest BCUT2D eigenvalue weighted by Crippen LogP contribution is 2.55. The third kappa shape index (κ3) is 1.76. The molecule has 0 unspecified atom stereocenters. The molecule has 1 nitrogen and oxygen atoms in total. The van der Waals surface area contributed by atoms with Crippen LogP contribution in [0, 0.1) is 16.4 Å². The van der Waals surface area contributed by atoms with Gasteiger partial charge in [-0.05, 0) is 97.5 Å². The molecule has 1 aliphatic heterocycles. The molecule has 4 rings (SSSR count). The van der Waals surface area contributed by atoms with E-state index in [1.165, 1.54) is 54.2 Å². The van der Waals surface area contributed by atoms with Gasteiger partial charge in [0.25, 0.3) is 0 Å². The third-order valence-electron chi connectivity index (χ3n) is 6.39. The highest BCUT2D eigenvalue weighted by Gasteiger charge is 2.52. The molecule has 3 aliphatic rings. The average Bonchev–Trinajstić information content (AvgIpc) is 2.45. The van der Waals surface area contributed by atoms with Gasteiger partial charge in [-0.25, -0.2) is 0 Å². The van der Waals surface area contributed by atoms with Gasteiger partial charge in [-0.3, -0.25) is 0 Å². The standard InChI is InChI=1S/C18H24IN/c1-12-9-15-13(10-16(12)19)11-17-14-5-3-4-6-18(14,15)7-8-20(17)2/h9-10,14,17H,3-8,11H2,1-2H3/t14-,17-,18+/m0/s1. The summed E-state index contributed by atoms with van der Waals surface area (Å²) in [4.78, 5) is 2.66. The Kier molecular flexibility index (Phi) is 3.19. The van der Waals surface area contributed by atoms with Gasteiger partial charge < -0.3 is 4.90 Å². The number of fused-ring (bicyclic) bond motifs is 1. The van der Waals surface area contributed by atoms with Crippen molar-refractivity contribution in [1.82, 2.24) is 4.90 Å². The van der Waals surface area contributed by atoms with E-state index in [0.717, 1.165) is 12.0 Å². The molecule has 0 spiro atoms. The average molecular weight is 381 g/mol. The normalized spacial score (nSPS) is 36.4. The van der Waals surface area contributed by atoms with Crippen molar-refractivity contribution >= 4 is 22.6 Å². The summed E-state index contributed by atoms with van der Waals surface area (Å²) in [5.41, 5.74) is 5.41. The lowest BCUT2D eigenvalue weighted by Crippen LogP contribution is -2.59. The van der Waals surface area contributed by atoms with Gasteiger partial charge >= 0.3 is 0 Å². The Labute approximate surface area is 136 Å². The number of piperidine rings is 1. The molecular formula is C18H24IN. The molecule has 2 fully saturated rings. The van der Waals surface area contributed by atoms with E-state index >= 15 is 0 Å². The predicted molar refractivity (Wildman–Crippen MR) is 92.3 cm³/mol. The Morgan fingerprint density at radius 3 is 2.95 bits per heavy atom. The molecule has 0 amide bonds. The molecule has 0 N–H and O–H groups in total. The van der Waals surface area contributed by atoms with Crippen LogP contribution in [0.25, 0.3) is 0 Å². The Hall–Kier alpha value is -0.0900. The predicted octanol–water partition coefficient (Wildman–Crippen LogP) is 4.29. The van der Waals surface area contributed by atoms with Crippen LogP contribution in [0.3, 0.4) is 0 Å². The first-order valence-electron chi connectivity index (χ1n) is 8.11. The molecule has 2 bridgehead atoms. The third-order valence-corrected chi connectivity index (χ3v) is 7.55. The van der Waals surface area contributed by atoms with E-state index in [1.54, 1.807) is 11.1 Å². The Bertz CT molecular complexity index is 553. The molecule has 2 heteroatoms. The van der Waals surface area contributed by atoms with E-state index < -0.39 is 0 Å². The quantitative estimate of drug-likeness (QED) is 0.606. The van der Waals surface area contributed by atoms with Crippen LogP contribution in [-0.2, 0) is 11.8 Å². The molecule has 1 saturated carbocycles. The topological polar surface area (TPSA) is 3.24 Å². The van der Waals surface area contributed by atoms with Crippen molar-refractivity contribution in [3.63, 3.8) is 0 Å². The zero-order valence-corrected chi connectivity index (χ0v) is 14.7. The summed E-state index contributed by atoms with van der Waals surface area (Å²) in [5.74, 6) is 0.918. The largest absolute Gasteiger partial charge is 0.303 e. The first kappa shape index (κ1) is 13.6. The minimum Gasteiger partial charge on any atom is -0.303 e. The molecular weight excluding hydrogens is 357 g/mol. The highest BCUT2D eigenvalue weighted by atomic mass is 127. The van der Waals surface area contributed by atoms with Gasteiger partial charge in [0.15, 0.2) is 0 Å². The number of hydrogen-bond acceptors (Lipinski definition) is 1. The lowest BCUT2D eigenvalue weighted by Gasteiger charge is -2.58. The van der Waals surface area contributed by atoms with E-state index in [2.05, 4.69) is 53.6 Å². The van der Waals surface area contributed by atoms with Crippen molar-refractivity contribution < 1.29 is 0 Å². The Morgan fingerprint density at radius 2 is 2.10 bits per heavy atom. The minimum atomic E-state index is 0.526. The maximum atomic E-state index is 2.66. The number of aryl methyl sites for hydroxylation is 1. The first-order chi connectivity index (χ1) is 9.62. The van der Waals surface area contributed by atoms with Crippen LogP contribution < -0.4 is 0 Å². The van der Waals surface area contributed by atoms with Crippen molar-refractivity contribution in [3.05, 3.63) is 32.4 Å². The van der Waals surface area contributed by atoms with Crippen LogP contribution in [0.15, 0.2) is 12.1 Å². The zero-order valence-electron chi connectivity index (χ0n) is 12.6. The summed E-state index contributed by atoms with van der Waals surface area (Å²) in [6.07, 6.45) is 8.47. The molecule has 3 atom stereocenters. The number of hydrogen-bond donors (Lipinski definition) is 0. The lowest BCUT2D eigenvalue weighted by molar-refractivity contribution is 0.00280. The van der Waals surface area contributed by atoms with Crippen molar-refractivity contribution in [1.29, 1.82) is 0 Å². The van der Waals surface area contributed by atoms with Crippen LogP contribution in [0.2, 0.25) is 0 Å². The van der Waals surface area contributed by atoms with Gasteiger partial charge in [0.05, 0.1) is 0 Å². The van der Waals surface area contributed by atoms with Crippen LogP contribution in [-0.4, -0.2) is 24.5 Å². The molecule has 1 aromatic carbocycles. The van der Waals surface area contributed by atoms with Crippen molar-refractivity contribution in [2.45, 2.75) is 56.9 Å². The monoisotopic (exact) mass is 381 g/mol. The van der Waals surface area contributed by atoms with Crippen LogP contribution in [0.4, 0.5) is 0 Å². The van der Waals surface area contributed by atoms with Gasteiger partial charge in [-0.2, -0.15) is 0 Å². The molecule has 0 radical (unpaired) electrons. The van der Waals surface area contributed by atoms with Crippen molar-refractivity contribution in [2.24, 2.45) is 5.92 Å². The van der Waals surface area contributed by atoms with Gasteiger partial charge in [-0.1, -0.05) is 18.9 Å². The number of halogens is 1. The molecule has 2 aliphatic carbocycles. The van der Waals surface area contributed by atoms with Crippen LogP contribution >= 0.6 is 22.6 Å². The zero-order chi connectivity index (χ0) is 13.9. The number of benzene rings is 1. The van der Waals surface area contributed by atoms with Crippen molar-refractivity contribution in [3.8, 4) is 0 Å². The number of likely N-dealkylation sites (N-methyl/N-ethyl adjacent to an activating group) is 1. The Balaban J connectivity index is 1.92. The first-order valence-corrected chi connectivity index (χ1v) is 9.19. The summed E-state index contributed by atoms with van der Waals surface area (Å²) in [7, 11) is 2.35. The summed E-state index contributed by atoms with van der Waals surface area (Å²) >= 11 is 2.51. The van der Waals surface area contributed by atoms with E-state index in [0.29, 0.717) is 5.41 Å². The maximum absolute atomic E-state index is 2.66. The van der Waals surface area contributed by atoms with E-state index in [-0.39, 0.29) is 0 Å². The summed E-state index contributed by atoms with van der Waals surface area (Å²) in [6.45, 7) is 3.59. The Morgan fingerprint density at radius 1 is 1.25 bits per heavy atom. The molecule has 1 aromatic rings. The lowest BCUT2D eigenvalue weighted by atomic mass is 9.52. The van der Waals surface area contributed by atoms with Crippen LogP contribution in [0.5, 0.6) is 0 Å². The van der Waals surface area contributed by atoms with Gasteiger partial charge in [0.1, 0.15) is 0 Å². The molecule has 1 saturated heterocycles. The van der Waals surface area contributed by atoms with Gasteiger partial charge in [0.2, 0.25) is 0 Å². The highest BCUT2D eigenvalue weighted by molar-refractivity contribution is 14.1. The summed E-state index contributed by atoms with van der Waals surface area (Å²) < 4.78 is 1.45. The number of likely N-dealkylation sites (tertiary alicyclic amines) is 1. The fraction of sp³-hybridized carbons (Fsp3) is 0.667. The smallest absolute Gasteiger partial charge is 0.0169 e. The fourth-order valence-corrected chi connectivity index (χ4v) is 5.87.